The van der Waals surface area contributed by atoms with E-state index in [9.17, 15) is 9.59 Å². The van der Waals surface area contributed by atoms with Crippen molar-refractivity contribution in [3.8, 4) is 11.3 Å². The molecule has 3 aromatic heterocycles. The minimum absolute atomic E-state index is 0.306. The fourth-order valence-corrected chi connectivity index (χ4v) is 3.73. The molecule has 6 nitrogen and oxygen atoms in total. The molecule has 5 rings (SSSR count). The molecule has 3 heterocycles. The van der Waals surface area contributed by atoms with Crippen molar-refractivity contribution in [2.24, 2.45) is 14.1 Å². The van der Waals surface area contributed by atoms with Crippen molar-refractivity contribution in [2.45, 2.75) is 0 Å². The van der Waals surface area contributed by atoms with Gasteiger partial charge in [0.2, 0.25) is 0 Å². The van der Waals surface area contributed by atoms with E-state index in [-0.39, 0.29) is 11.2 Å². The summed E-state index contributed by atoms with van der Waals surface area (Å²) >= 11 is 0. The molecule has 0 aliphatic heterocycles. The molecule has 132 valence electrons. The Labute approximate surface area is 153 Å². The van der Waals surface area contributed by atoms with Crippen molar-refractivity contribution in [3.63, 3.8) is 0 Å². The van der Waals surface area contributed by atoms with Crippen molar-refractivity contribution < 1.29 is 0 Å². The van der Waals surface area contributed by atoms with Crippen LogP contribution in [0.1, 0.15) is 0 Å². The van der Waals surface area contributed by atoms with Crippen LogP contribution in [0.2, 0.25) is 0 Å². The SMILES string of the molecule is Cn1c(=O)c2cn3c4ccccc4nc(-c4ccccc4)c3c2n(C)c1=O. The highest BCUT2D eigenvalue weighted by atomic mass is 16.2. The van der Waals surface area contributed by atoms with Crippen LogP contribution in [-0.2, 0) is 14.1 Å². The van der Waals surface area contributed by atoms with E-state index in [1.54, 1.807) is 7.05 Å². The molecule has 0 fully saturated rings. The maximum atomic E-state index is 12.8. The summed E-state index contributed by atoms with van der Waals surface area (Å²) in [5.41, 5.74) is 4.08. The van der Waals surface area contributed by atoms with Gasteiger partial charge in [-0.1, -0.05) is 42.5 Å². The summed E-state index contributed by atoms with van der Waals surface area (Å²) in [5.74, 6) is 0. The molecule has 0 aliphatic rings. The second-order valence-electron chi connectivity index (χ2n) is 6.63. The van der Waals surface area contributed by atoms with Crippen molar-refractivity contribution in [3.05, 3.63) is 81.6 Å². The number of hydrogen-bond acceptors (Lipinski definition) is 3. The lowest BCUT2D eigenvalue weighted by atomic mass is 10.1. The zero-order chi connectivity index (χ0) is 18.7. The molecule has 0 amide bonds. The van der Waals surface area contributed by atoms with Crippen LogP contribution in [0.4, 0.5) is 0 Å². The summed E-state index contributed by atoms with van der Waals surface area (Å²) in [6, 6.07) is 17.6. The second-order valence-corrected chi connectivity index (χ2v) is 6.63. The Morgan fingerprint density at radius 3 is 2.30 bits per heavy atom. The van der Waals surface area contributed by atoms with Crippen LogP contribution in [0, 0.1) is 0 Å². The zero-order valence-corrected chi connectivity index (χ0v) is 14.9. The highest BCUT2D eigenvalue weighted by Gasteiger charge is 2.19. The first-order valence-corrected chi connectivity index (χ1v) is 8.63. The molecular formula is C21H16N4O2. The normalized spacial score (nSPS) is 11.6. The first kappa shape index (κ1) is 15.6. The highest BCUT2D eigenvalue weighted by molar-refractivity contribution is 6.04. The van der Waals surface area contributed by atoms with Crippen LogP contribution in [0.3, 0.4) is 0 Å². The molecule has 0 saturated carbocycles. The maximum absolute atomic E-state index is 12.8. The van der Waals surface area contributed by atoms with Gasteiger partial charge in [-0.05, 0) is 12.1 Å². The molecular weight excluding hydrogens is 340 g/mol. The van der Waals surface area contributed by atoms with Crippen molar-refractivity contribution in [1.29, 1.82) is 0 Å². The third kappa shape index (κ3) is 2.04. The van der Waals surface area contributed by atoms with Crippen molar-refractivity contribution in [1.82, 2.24) is 18.5 Å². The van der Waals surface area contributed by atoms with E-state index in [1.165, 1.54) is 11.6 Å². The number of nitrogens with zero attached hydrogens (tertiary/aromatic N) is 4. The maximum Gasteiger partial charge on any atom is 0.331 e. The molecule has 5 aromatic rings. The van der Waals surface area contributed by atoms with Gasteiger partial charge in [-0.15, -0.1) is 0 Å². The van der Waals surface area contributed by atoms with Crippen LogP contribution in [0.15, 0.2) is 70.4 Å². The van der Waals surface area contributed by atoms with Crippen molar-refractivity contribution >= 4 is 27.5 Å². The lowest BCUT2D eigenvalue weighted by Crippen LogP contribution is -2.36. The number of fused-ring (bicyclic) bond motifs is 5. The van der Waals surface area contributed by atoms with E-state index < -0.39 is 0 Å². The third-order valence-electron chi connectivity index (χ3n) is 5.07. The Morgan fingerprint density at radius 2 is 1.52 bits per heavy atom. The zero-order valence-electron chi connectivity index (χ0n) is 14.9. The topological polar surface area (TPSA) is 61.3 Å². The number of benzene rings is 2. The Balaban J connectivity index is 2.15. The van der Waals surface area contributed by atoms with Gasteiger partial charge in [0.05, 0.1) is 33.1 Å². The predicted molar refractivity (Wildman–Crippen MR) is 106 cm³/mol. The van der Waals surface area contributed by atoms with E-state index in [1.807, 2.05) is 65.2 Å². The standard InChI is InChI=1S/C21H16N4O2/c1-23-18-14(20(26)24(2)21(23)27)12-25-16-11-7-6-10-15(16)22-17(19(18)25)13-8-4-3-5-9-13/h3-12H,1-2H3. The van der Waals surface area contributed by atoms with Gasteiger partial charge in [-0.3, -0.25) is 13.9 Å². The Bertz CT molecular complexity index is 1470. The molecule has 0 aliphatic carbocycles. The molecule has 0 unspecified atom stereocenters. The fraction of sp³-hybridized carbons (Fsp3) is 0.0952. The first-order valence-electron chi connectivity index (χ1n) is 8.63. The number of rotatable bonds is 1. The summed E-state index contributed by atoms with van der Waals surface area (Å²) in [6.45, 7) is 0. The third-order valence-corrected chi connectivity index (χ3v) is 5.07. The summed E-state index contributed by atoms with van der Waals surface area (Å²) in [4.78, 5) is 30.2. The number of aromatic nitrogens is 4. The van der Waals surface area contributed by atoms with Gasteiger partial charge >= 0.3 is 5.69 Å². The van der Waals surface area contributed by atoms with E-state index in [0.717, 1.165) is 32.4 Å². The molecule has 0 bridgehead atoms. The molecule has 0 spiro atoms. The molecule has 6 heteroatoms. The van der Waals surface area contributed by atoms with Crippen molar-refractivity contribution in [2.75, 3.05) is 0 Å². The molecule has 0 atom stereocenters. The second kappa shape index (κ2) is 5.41. The molecule has 0 radical (unpaired) electrons. The van der Waals surface area contributed by atoms with E-state index in [4.69, 9.17) is 4.98 Å². The van der Waals surface area contributed by atoms with Crippen LogP contribution in [0.5, 0.6) is 0 Å². The summed E-state index contributed by atoms with van der Waals surface area (Å²) in [6.07, 6.45) is 1.81. The largest absolute Gasteiger partial charge is 0.331 e. The molecule has 0 N–H and O–H groups in total. The van der Waals surface area contributed by atoms with Gasteiger partial charge in [0.1, 0.15) is 0 Å². The first-order chi connectivity index (χ1) is 13.1. The van der Waals surface area contributed by atoms with Gasteiger partial charge in [-0.25, -0.2) is 9.78 Å². The fourth-order valence-electron chi connectivity index (χ4n) is 3.73. The van der Waals surface area contributed by atoms with Gasteiger partial charge in [0.15, 0.2) is 0 Å². The average Bonchev–Trinajstić information content (AvgIpc) is 3.12. The number of aryl methyl sites for hydroxylation is 1. The van der Waals surface area contributed by atoms with E-state index >= 15 is 0 Å². The Hall–Kier alpha value is -3.67. The number of para-hydroxylation sites is 2. The molecule has 0 saturated heterocycles. The van der Waals surface area contributed by atoms with Gasteiger partial charge in [0.25, 0.3) is 5.56 Å². The number of hydrogen-bond donors (Lipinski definition) is 0. The minimum atomic E-state index is -0.354. The minimum Gasteiger partial charge on any atom is -0.310 e. The van der Waals surface area contributed by atoms with E-state index in [0.29, 0.717) is 10.9 Å². The monoisotopic (exact) mass is 356 g/mol. The quantitative estimate of drug-likeness (QED) is 0.464. The van der Waals surface area contributed by atoms with Crippen LogP contribution >= 0.6 is 0 Å². The molecule has 2 aromatic carbocycles. The summed E-state index contributed by atoms with van der Waals surface area (Å²) < 4.78 is 4.63. The summed E-state index contributed by atoms with van der Waals surface area (Å²) in [7, 11) is 3.19. The Kier molecular flexibility index (Phi) is 3.12. The molecule has 27 heavy (non-hydrogen) atoms. The van der Waals surface area contributed by atoms with E-state index in [2.05, 4.69) is 0 Å². The summed E-state index contributed by atoms with van der Waals surface area (Å²) in [5, 5.41) is 0.495. The lowest BCUT2D eigenvalue weighted by molar-refractivity contribution is 0.715. The smallest absolute Gasteiger partial charge is 0.310 e. The van der Waals surface area contributed by atoms with Crippen LogP contribution in [0.25, 0.3) is 38.7 Å². The van der Waals surface area contributed by atoms with Gasteiger partial charge in [-0.2, -0.15) is 0 Å². The van der Waals surface area contributed by atoms with Gasteiger partial charge < -0.3 is 4.40 Å². The Morgan fingerprint density at radius 1 is 0.815 bits per heavy atom. The highest BCUT2D eigenvalue weighted by Crippen LogP contribution is 2.31. The lowest BCUT2D eigenvalue weighted by Gasteiger charge is -2.10. The average molecular weight is 356 g/mol. The van der Waals surface area contributed by atoms with Gasteiger partial charge in [0, 0.05) is 25.9 Å². The predicted octanol–water partition coefficient (Wildman–Crippen LogP) is 2.71. The van der Waals surface area contributed by atoms with Crippen LogP contribution in [-0.4, -0.2) is 18.5 Å². The van der Waals surface area contributed by atoms with Crippen LogP contribution < -0.4 is 11.2 Å².